The van der Waals surface area contributed by atoms with Gasteiger partial charge in [0.1, 0.15) is 23.9 Å². The fraction of sp³-hybridized carbons (Fsp3) is 0.531. The molecule has 7 rings (SSSR count). The van der Waals surface area contributed by atoms with Crippen molar-refractivity contribution in [1.82, 2.24) is 45.4 Å². The number of likely N-dealkylation sites (tertiary alicyclic amines) is 1. The lowest BCUT2D eigenvalue weighted by molar-refractivity contribution is -0.147. The van der Waals surface area contributed by atoms with Crippen molar-refractivity contribution < 1.29 is 33.4 Å². The number of ether oxygens (including phenoxy) is 2. The van der Waals surface area contributed by atoms with Crippen LogP contribution in [0, 0.1) is 11.3 Å². The molecule has 2 saturated heterocycles. The van der Waals surface area contributed by atoms with Crippen LogP contribution in [-0.2, 0) is 48.0 Å². The molecule has 5 amide bonds. The third-order valence-corrected chi connectivity index (χ3v) is 14.1. The number of fused-ring (bicyclic) bond motifs is 6. The largest absolute Gasteiger partial charge is 0.378 e. The molecule has 1 aromatic carbocycles. The Balaban J connectivity index is 1.27. The summed E-state index contributed by atoms with van der Waals surface area (Å²) in [6.07, 6.45) is 5.95. The highest BCUT2D eigenvalue weighted by Gasteiger charge is 2.43. The maximum Gasteiger partial charge on any atom is 0.320 e. The first-order chi connectivity index (χ1) is 31.5. The van der Waals surface area contributed by atoms with Gasteiger partial charge in [-0.1, -0.05) is 40.3 Å². The van der Waals surface area contributed by atoms with Crippen molar-refractivity contribution in [3.8, 4) is 22.5 Å². The SMILES string of the molecule is C=CC(=O)NC[C@@H]1CCN1C(=O)N(C)[C@H](C(=O)N[C@H]1Cc2nc(cs2)-c2ccc3c(c2)c(c(-c2cccnc2[C@H](C)OC)n3CC)CC(C)(C)COC[C@@]2(C=O)CCCN(N2)C1=O)C(C)C. The van der Waals surface area contributed by atoms with Crippen LogP contribution in [0.4, 0.5) is 4.79 Å². The number of aldehydes is 1. The van der Waals surface area contributed by atoms with E-state index in [1.807, 2.05) is 32.2 Å². The van der Waals surface area contributed by atoms with Crippen molar-refractivity contribution in [1.29, 1.82) is 0 Å². The average Bonchev–Trinajstić information content (AvgIpc) is 3.88. The van der Waals surface area contributed by atoms with E-state index in [-0.39, 0.29) is 49.6 Å². The van der Waals surface area contributed by atoms with Gasteiger partial charge in [-0.2, -0.15) is 0 Å². The fourth-order valence-corrected chi connectivity index (χ4v) is 10.5. The van der Waals surface area contributed by atoms with Gasteiger partial charge in [-0.05, 0) is 86.8 Å². The molecule has 3 N–H and O–H groups in total. The van der Waals surface area contributed by atoms with E-state index in [0.717, 1.165) is 51.0 Å². The van der Waals surface area contributed by atoms with Crippen molar-refractivity contribution in [3.63, 3.8) is 0 Å². The predicted octanol–water partition coefficient (Wildman–Crippen LogP) is 5.70. The number of hydrogen-bond acceptors (Lipinski definition) is 11. The Hall–Kier alpha value is -5.49. The molecule has 0 spiro atoms. The van der Waals surface area contributed by atoms with Gasteiger partial charge in [-0.25, -0.2) is 15.2 Å². The fourth-order valence-electron chi connectivity index (χ4n) is 9.61. The minimum atomic E-state index is -1.19. The van der Waals surface area contributed by atoms with E-state index in [0.29, 0.717) is 56.9 Å². The molecular weight excluding hydrogens is 859 g/mol. The van der Waals surface area contributed by atoms with Crippen molar-refractivity contribution >= 4 is 52.3 Å². The number of benzene rings is 1. The summed E-state index contributed by atoms with van der Waals surface area (Å²) < 4.78 is 14.7. The molecular formula is C49H65N9O7S. The van der Waals surface area contributed by atoms with E-state index < -0.39 is 34.9 Å². The highest BCUT2D eigenvalue weighted by molar-refractivity contribution is 7.10. The lowest BCUT2D eigenvalue weighted by Gasteiger charge is -2.45. The van der Waals surface area contributed by atoms with Crippen LogP contribution in [0.25, 0.3) is 33.4 Å². The summed E-state index contributed by atoms with van der Waals surface area (Å²) >= 11 is 1.40. The number of likely N-dealkylation sites (N-methyl/N-ethyl adjacent to an activating group) is 1. The number of pyridine rings is 1. The molecule has 4 aromatic rings. The molecule has 354 valence electrons. The zero-order valence-electron chi connectivity index (χ0n) is 39.5. The Morgan fingerprint density at radius 3 is 2.64 bits per heavy atom. The molecule has 3 aromatic heterocycles. The standard InChI is InChI=1S/C49H65N9O7S/c1-10-40(60)51-25-33-17-21-57(33)47(63)55(8)43(30(3)4)45(61)53-37-23-41-52-38(26-66-41)32-15-16-39-35(22-32)36(44(56(39)11-2)34-14-12-19-50-42(34)31(5)64-9)24-48(6,7)28-65-29-49(27-59)18-13-20-58(54-49)46(37)62/h10,12,14-16,19,22,26-27,30-31,33,37,43,54H,1,11,13,17-18,20-21,23-25,28-29H2,2-9H3,(H,51,60)(H,53,61)/t31-,33-,37-,43-,49-/m0/s1. The minimum Gasteiger partial charge on any atom is -0.378 e. The van der Waals surface area contributed by atoms with Gasteiger partial charge in [0.25, 0.3) is 5.91 Å². The van der Waals surface area contributed by atoms with Crippen LogP contribution in [-0.4, -0.2) is 130 Å². The maximum atomic E-state index is 14.7. The normalized spacial score (nSPS) is 21.9. The second kappa shape index (κ2) is 20.2. The van der Waals surface area contributed by atoms with Gasteiger partial charge >= 0.3 is 6.03 Å². The molecule has 5 atom stereocenters. The number of carbonyl (C=O) groups excluding carboxylic acids is 5. The van der Waals surface area contributed by atoms with Gasteiger partial charge in [0.2, 0.25) is 11.8 Å². The lowest BCUT2D eigenvalue weighted by Crippen LogP contribution is -2.67. The van der Waals surface area contributed by atoms with Gasteiger partial charge in [0.05, 0.1) is 47.4 Å². The van der Waals surface area contributed by atoms with Crippen LogP contribution in [0.1, 0.15) is 83.2 Å². The molecule has 3 aliphatic rings. The van der Waals surface area contributed by atoms with E-state index in [4.69, 9.17) is 19.4 Å². The zero-order valence-corrected chi connectivity index (χ0v) is 40.3. The second-order valence-corrected chi connectivity index (χ2v) is 19.9. The van der Waals surface area contributed by atoms with Crippen LogP contribution in [0.15, 0.2) is 54.6 Å². The summed E-state index contributed by atoms with van der Waals surface area (Å²) in [4.78, 5) is 81.0. The van der Waals surface area contributed by atoms with E-state index in [9.17, 15) is 24.0 Å². The monoisotopic (exact) mass is 923 g/mol. The topological polar surface area (TPSA) is 180 Å². The van der Waals surface area contributed by atoms with E-state index in [2.05, 4.69) is 72.2 Å². The molecule has 0 radical (unpaired) electrons. The number of rotatable bonds is 12. The quantitative estimate of drug-likeness (QED) is 0.118. The molecule has 0 saturated carbocycles. The average molecular weight is 924 g/mol. The highest BCUT2D eigenvalue weighted by atomic mass is 32.1. The number of thiazole rings is 1. The maximum absolute atomic E-state index is 14.7. The van der Waals surface area contributed by atoms with Gasteiger partial charge in [-0.15, -0.1) is 11.3 Å². The molecule has 2 fully saturated rings. The molecule has 17 heteroatoms. The Bertz CT molecular complexity index is 2470. The van der Waals surface area contributed by atoms with E-state index in [1.54, 1.807) is 25.3 Å². The van der Waals surface area contributed by atoms with E-state index >= 15 is 0 Å². The van der Waals surface area contributed by atoms with Crippen LogP contribution in [0.3, 0.4) is 0 Å². The Morgan fingerprint density at radius 2 is 1.95 bits per heavy atom. The summed E-state index contributed by atoms with van der Waals surface area (Å²) in [5.41, 5.74) is 8.40. The Morgan fingerprint density at radius 1 is 1.17 bits per heavy atom. The van der Waals surface area contributed by atoms with Crippen LogP contribution >= 0.6 is 11.3 Å². The van der Waals surface area contributed by atoms with Crippen molar-refractivity contribution in [3.05, 3.63) is 70.8 Å². The van der Waals surface area contributed by atoms with Gasteiger partial charge in [-0.3, -0.25) is 24.4 Å². The highest BCUT2D eigenvalue weighted by Crippen LogP contribution is 2.42. The molecule has 16 nitrogen and oxygen atoms in total. The van der Waals surface area contributed by atoms with Gasteiger partial charge in [0.15, 0.2) is 0 Å². The van der Waals surface area contributed by atoms with Crippen LogP contribution in [0.2, 0.25) is 0 Å². The predicted molar refractivity (Wildman–Crippen MR) is 254 cm³/mol. The number of amides is 5. The lowest BCUT2D eigenvalue weighted by atomic mass is 9.84. The summed E-state index contributed by atoms with van der Waals surface area (Å²) in [7, 11) is 3.28. The molecule has 66 heavy (non-hydrogen) atoms. The van der Waals surface area contributed by atoms with Gasteiger partial charge in [0, 0.05) is 80.4 Å². The first-order valence-corrected chi connectivity index (χ1v) is 23.9. The van der Waals surface area contributed by atoms with Crippen molar-refractivity contribution in [2.24, 2.45) is 11.3 Å². The summed E-state index contributed by atoms with van der Waals surface area (Å²) in [6, 6.07) is 7.87. The third-order valence-electron chi connectivity index (χ3n) is 13.2. The molecule has 6 bridgehead atoms. The van der Waals surface area contributed by atoms with E-state index in [1.165, 1.54) is 27.3 Å². The first kappa shape index (κ1) is 48.4. The van der Waals surface area contributed by atoms with Crippen molar-refractivity contribution in [2.75, 3.05) is 47.0 Å². The number of aromatic nitrogens is 3. The number of urea groups is 1. The summed E-state index contributed by atoms with van der Waals surface area (Å²) in [5.74, 6) is -1.58. The van der Waals surface area contributed by atoms with Crippen LogP contribution < -0.4 is 16.1 Å². The number of carbonyl (C=O) groups is 5. The summed E-state index contributed by atoms with van der Waals surface area (Å²) in [5, 5.41) is 10.9. The van der Waals surface area contributed by atoms with Gasteiger partial charge < -0.3 is 39.3 Å². The number of hydrazine groups is 1. The zero-order chi connectivity index (χ0) is 47.5. The molecule has 3 aliphatic heterocycles. The number of hydrogen-bond donors (Lipinski definition) is 3. The molecule has 0 unspecified atom stereocenters. The number of nitrogens with zero attached hydrogens (tertiary/aromatic N) is 6. The third kappa shape index (κ3) is 9.94. The smallest absolute Gasteiger partial charge is 0.320 e. The van der Waals surface area contributed by atoms with Crippen LogP contribution in [0.5, 0.6) is 0 Å². The Labute approximate surface area is 391 Å². The van der Waals surface area contributed by atoms with Crippen molar-refractivity contribution in [2.45, 2.75) is 110 Å². The summed E-state index contributed by atoms with van der Waals surface area (Å²) in [6.45, 7) is 17.8. The number of nitrogens with one attached hydrogen (secondary N) is 3. The Kier molecular flexibility index (Phi) is 14.8. The number of methoxy groups -OCH3 is 1. The second-order valence-electron chi connectivity index (χ2n) is 19.0. The first-order valence-electron chi connectivity index (χ1n) is 23.0. The minimum absolute atomic E-state index is 0.0273. The molecule has 0 aliphatic carbocycles. The molecule has 6 heterocycles. The number of aryl methyl sites for hydroxylation is 1.